The van der Waals surface area contributed by atoms with Crippen molar-refractivity contribution in [2.45, 2.75) is 0 Å². The number of aliphatic hydroxyl groups is 1. The van der Waals surface area contributed by atoms with E-state index in [0.29, 0.717) is 5.70 Å². The Hall–Kier alpha value is -1.68. The van der Waals surface area contributed by atoms with Gasteiger partial charge in [-0.15, -0.1) is 0 Å². The van der Waals surface area contributed by atoms with E-state index in [-0.39, 0.29) is 5.95 Å². The molecule has 4 heteroatoms. The minimum absolute atomic E-state index is 0.249. The van der Waals surface area contributed by atoms with Gasteiger partial charge in [-0.2, -0.15) is 0 Å². The van der Waals surface area contributed by atoms with Crippen molar-refractivity contribution >= 4 is 5.70 Å². The summed E-state index contributed by atoms with van der Waals surface area (Å²) >= 11 is 0. The van der Waals surface area contributed by atoms with E-state index in [9.17, 15) is 0 Å². The summed E-state index contributed by atoms with van der Waals surface area (Å²) in [6, 6.07) is 9.26. The van der Waals surface area contributed by atoms with E-state index in [4.69, 9.17) is 5.11 Å². The third-order valence-corrected chi connectivity index (χ3v) is 1.54. The number of aliphatic hydroxyl groups excluding tert-OH is 1. The maximum absolute atomic E-state index is 9.11. The molecule has 0 radical (unpaired) electrons. The lowest BCUT2D eigenvalue weighted by Gasteiger charge is -1.97. The van der Waals surface area contributed by atoms with Crippen LogP contribution in [0.2, 0.25) is 0 Å². The average molecular weight is 165 g/mol. The topological polar surface area (TPSA) is 50.7 Å². The van der Waals surface area contributed by atoms with E-state index in [1.165, 1.54) is 0 Å². The van der Waals surface area contributed by atoms with Gasteiger partial charge in [-0.1, -0.05) is 35.3 Å². The molecule has 1 aliphatic heterocycles. The van der Waals surface area contributed by atoms with Crippen LogP contribution in [0.25, 0.3) is 5.70 Å². The minimum Gasteiger partial charge on any atom is -0.477 e. The Labute approximate surface area is 68.9 Å². The van der Waals surface area contributed by atoms with Gasteiger partial charge in [0.1, 0.15) is 0 Å². The minimum atomic E-state index is -0.249. The molecule has 0 bridgehead atoms. The van der Waals surface area contributed by atoms with E-state index < -0.39 is 0 Å². The first-order chi connectivity index (χ1) is 5.88. The lowest BCUT2D eigenvalue weighted by atomic mass is 10.2. The smallest absolute Gasteiger partial charge is 0.344 e. The second-order valence-electron chi connectivity index (χ2n) is 2.31. The fraction of sp³-hybridized carbons (Fsp3) is 0. The van der Waals surface area contributed by atoms with Crippen molar-refractivity contribution in [2.75, 3.05) is 0 Å². The molecule has 1 aromatic rings. The molecule has 0 aliphatic carbocycles. The molecule has 4 nitrogen and oxygen atoms in total. The molecule has 12 heavy (non-hydrogen) atoms. The standard InChI is InChI=1S/C8H7NO3/c10-8-7(9-12-11-8)6-4-2-1-3-5-6/h1-5,9-10H. The summed E-state index contributed by atoms with van der Waals surface area (Å²) in [4.78, 5) is 8.69. The molecular weight excluding hydrogens is 158 g/mol. The lowest BCUT2D eigenvalue weighted by molar-refractivity contribution is -0.293. The molecule has 0 unspecified atom stereocenters. The van der Waals surface area contributed by atoms with E-state index in [2.05, 4.69) is 15.4 Å². The van der Waals surface area contributed by atoms with Crippen molar-refractivity contribution in [1.82, 2.24) is 5.48 Å². The van der Waals surface area contributed by atoms with Gasteiger partial charge < -0.3 is 5.11 Å². The lowest BCUT2D eigenvalue weighted by Crippen LogP contribution is -2.04. The molecule has 1 aliphatic rings. The molecule has 0 atom stereocenters. The van der Waals surface area contributed by atoms with E-state index in [1.54, 1.807) is 0 Å². The van der Waals surface area contributed by atoms with Gasteiger partial charge in [0, 0.05) is 5.56 Å². The average Bonchev–Trinajstić information content (AvgIpc) is 2.53. The first-order valence-corrected chi connectivity index (χ1v) is 3.46. The predicted octanol–water partition coefficient (Wildman–Crippen LogP) is 1.34. The maximum Gasteiger partial charge on any atom is 0.344 e. The van der Waals surface area contributed by atoms with Crippen LogP contribution in [0.5, 0.6) is 0 Å². The zero-order chi connectivity index (χ0) is 8.39. The van der Waals surface area contributed by atoms with Crippen LogP contribution >= 0.6 is 0 Å². The van der Waals surface area contributed by atoms with Crippen LogP contribution in [0.1, 0.15) is 5.56 Å². The molecule has 0 saturated heterocycles. The van der Waals surface area contributed by atoms with Gasteiger partial charge in [0.15, 0.2) is 5.70 Å². The summed E-state index contributed by atoms with van der Waals surface area (Å²) < 4.78 is 0. The van der Waals surface area contributed by atoms with Gasteiger partial charge in [-0.25, -0.2) is 5.48 Å². The van der Waals surface area contributed by atoms with Crippen molar-refractivity contribution < 1.29 is 15.0 Å². The summed E-state index contributed by atoms with van der Waals surface area (Å²) in [5, 5.41) is 9.11. The molecular formula is C8H7NO3. The fourth-order valence-electron chi connectivity index (χ4n) is 0.975. The monoisotopic (exact) mass is 165 g/mol. The largest absolute Gasteiger partial charge is 0.477 e. The molecule has 0 amide bonds. The highest BCUT2D eigenvalue weighted by molar-refractivity contribution is 5.64. The molecule has 0 fully saturated rings. The van der Waals surface area contributed by atoms with Crippen LogP contribution in [0, 0.1) is 0 Å². The molecule has 0 aromatic heterocycles. The predicted molar refractivity (Wildman–Crippen MR) is 41.3 cm³/mol. The number of hydrogen-bond acceptors (Lipinski definition) is 4. The van der Waals surface area contributed by atoms with Crippen molar-refractivity contribution in [1.29, 1.82) is 0 Å². The molecule has 62 valence electrons. The Morgan fingerprint density at radius 1 is 1.17 bits per heavy atom. The van der Waals surface area contributed by atoms with Crippen molar-refractivity contribution in [3.63, 3.8) is 0 Å². The Morgan fingerprint density at radius 3 is 2.50 bits per heavy atom. The zero-order valence-corrected chi connectivity index (χ0v) is 6.15. The van der Waals surface area contributed by atoms with Crippen molar-refractivity contribution in [3.05, 3.63) is 41.8 Å². The van der Waals surface area contributed by atoms with Gasteiger partial charge in [0.05, 0.1) is 0 Å². The summed E-state index contributed by atoms with van der Waals surface area (Å²) in [6.07, 6.45) is 0. The zero-order valence-electron chi connectivity index (χ0n) is 6.15. The van der Waals surface area contributed by atoms with Gasteiger partial charge in [0.25, 0.3) is 0 Å². The number of benzene rings is 1. The van der Waals surface area contributed by atoms with Crippen molar-refractivity contribution in [3.8, 4) is 0 Å². The Bertz CT molecular complexity index is 307. The SMILES string of the molecule is OC1=C(c2ccccc2)NOO1. The van der Waals surface area contributed by atoms with Crippen LogP contribution < -0.4 is 5.48 Å². The molecule has 2 N–H and O–H groups in total. The first kappa shape index (κ1) is 7.00. The summed E-state index contributed by atoms with van der Waals surface area (Å²) in [6.45, 7) is 0. The second kappa shape index (κ2) is 2.75. The van der Waals surface area contributed by atoms with Crippen LogP contribution in [-0.4, -0.2) is 5.11 Å². The Kier molecular flexibility index (Phi) is 1.60. The summed E-state index contributed by atoms with van der Waals surface area (Å²) in [5.74, 6) is -0.249. The molecule has 0 saturated carbocycles. The highest BCUT2D eigenvalue weighted by Gasteiger charge is 2.17. The number of hydroxylamine groups is 1. The molecule has 0 spiro atoms. The van der Waals surface area contributed by atoms with Crippen LogP contribution in [0.15, 0.2) is 36.3 Å². The van der Waals surface area contributed by atoms with E-state index in [0.717, 1.165) is 5.56 Å². The summed E-state index contributed by atoms with van der Waals surface area (Å²) in [5.41, 5.74) is 3.68. The normalized spacial score (nSPS) is 15.7. The van der Waals surface area contributed by atoms with E-state index >= 15 is 0 Å². The number of hydrogen-bond donors (Lipinski definition) is 2. The molecule has 1 heterocycles. The Balaban J connectivity index is 2.37. The molecule has 2 rings (SSSR count). The van der Waals surface area contributed by atoms with Gasteiger partial charge in [-0.05, 0) is 0 Å². The van der Waals surface area contributed by atoms with Crippen LogP contribution in [-0.2, 0) is 9.88 Å². The maximum atomic E-state index is 9.11. The third kappa shape index (κ3) is 1.08. The number of nitrogens with one attached hydrogen (secondary N) is 1. The molecule has 1 aromatic carbocycles. The first-order valence-electron chi connectivity index (χ1n) is 3.46. The van der Waals surface area contributed by atoms with Gasteiger partial charge >= 0.3 is 5.95 Å². The quantitative estimate of drug-likeness (QED) is 0.616. The highest BCUT2D eigenvalue weighted by atomic mass is 17.3. The Morgan fingerprint density at radius 2 is 1.92 bits per heavy atom. The van der Waals surface area contributed by atoms with Crippen LogP contribution in [0.4, 0.5) is 0 Å². The van der Waals surface area contributed by atoms with Crippen molar-refractivity contribution in [2.24, 2.45) is 0 Å². The van der Waals surface area contributed by atoms with Gasteiger partial charge in [-0.3, -0.25) is 4.89 Å². The highest BCUT2D eigenvalue weighted by Crippen LogP contribution is 2.19. The second-order valence-corrected chi connectivity index (χ2v) is 2.31. The fourth-order valence-corrected chi connectivity index (χ4v) is 0.975. The van der Waals surface area contributed by atoms with E-state index in [1.807, 2.05) is 30.3 Å². The third-order valence-electron chi connectivity index (χ3n) is 1.54. The summed E-state index contributed by atoms with van der Waals surface area (Å²) in [7, 11) is 0. The number of rotatable bonds is 1. The van der Waals surface area contributed by atoms with Crippen LogP contribution in [0.3, 0.4) is 0 Å². The van der Waals surface area contributed by atoms with Gasteiger partial charge in [0.2, 0.25) is 0 Å².